The molecular weight excluding hydrogens is 224 g/mol. The van der Waals surface area contributed by atoms with Gasteiger partial charge in [0.2, 0.25) is 0 Å². The van der Waals surface area contributed by atoms with E-state index in [1.54, 1.807) is 6.26 Å². The van der Waals surface area contributed by atoms with Gasteiger partial charge in [0.25, 0.3) is 0 Å². The van der Waals surface area contributed by atoms with Gasteiger partial charge in [0.15, 0.2) is 0 Å². The number of aromatic amines is 1. The molecule has 16 heavy (non-hydrogen) atoms. The fraction of sp³-hybridized carbons (Fsp3) is 0.0833. The summed E-state index contributed by atoms with van der Waals surface area (Å²) in [6.07, 6.45) is 1.69. The van der Waals surface area contributed by atoms with Crippen molar-refractivity contribution in [2.45, 2.75) is 6.92 Å². The third-order valence-electron chi connectivity index (χ3n) is 2.45. The Morgan fingerprint density at radius 1 is 1.31 bits per heavy atom. The van der Waals surface area contributed by atoms with Gasteiger partial charge >= 0.3 is 0 Å². The van der Waals surface area contributed by atoms with Crippen molar-refractivity contribution in [3.05, 3.63) is 41.3 Å². The second kappa shape index (κ2) is 3.39. The van der Waals surface area contributed by atoms with E-state index in [0.717, 1.165) is 28.2 Å². The van der Waals surface area contributed by atoms with Crippen molar-refractivity contribution >= 4 is 22.6 Å². The van der Waals surface area contributed by atoms with Crippen LogP contribution in [0.15, 0.2) is 34.9 Å². The number of nitrogens with zero attached hydrogens (tertiary/aromatic N) is 1. The summed E-state index contributed by atoms with van der Waals surface area (Å²) in [5.74, 6) is 1.67. The molecule has 1 aromatic carbocycles. The summed E-state index contributed by atoms with van der Waals surface area (Å²) in [6.45, 7) is 1.91. The number of halogens is 1. The molecule has 3 aromatic rings. The summed E-state index contributed by atoms with van der Waals surface area (Å²) in [6, 6.07) is 7.53. The van der Waals surface area contributed by atoms with Crippen LogP contribution in [-0.4, -0.2) is 9.97 Å². The van der Waals surface area contributed by atoms with E-state index in [4.69, 9.17) is 16.0 Å². The minimum Gasteiger partial charge on any atom is -0.469 e. The maximum absolute atomic E-state index is 5.91. The molecule has 0 saturated carbocycles. The average Bonchev–Trinajstić information content (AvgIpc) is 2.83. The lowest BCUT2D eigenvalue weighted by Gasteiger charge is -1.87. The van der Waals surface area contributed by atoms with Gasteiger partial charge in [-0.3, -0.25) is 0 Å². The van der Waals surface area contributed by atoms with Gasteiger partial charge in [-0.25, -0.2) is 4.98 Å². The maximum atomic E-state index is 5.91. The molecule has 4 heteroatoms. The molecule has 80 valence electrons. The van der Waals surface area contributed by atoms with Gasteiger partial charge in [0.05, 0.1) is 16.6 Å². The predicted octanol–water partition coefficient (Wildman–Crippen LogP) is 3.78. The molecule has 0 saturated heterocycles. The van der Waals surface area contributed by atoms with E-state index >= 15 is 0 Å². The molecule has 3 nitrogen and oxygen atoms in total. The molecule has 0 aliphatic rings. The highest BCUT2D eigenvalue weighted by molar-refractivity contribution is 6.31. The van der Waals surface area contributed by atoms with Crippen LogP contribution in [0.3, 0.4) is 0 Å². The van der Waals surface area contributed by atoms with Crippen molar-refractivity contribution in [1.82, 2.24) is 9.97 Å². The summed E-state index contributed by atoms with van der Waals surface area (Å²) >= 11 is 5.91. The first-order valence-electron chi connectivity index (χ1n) is 4.93. The summed E-state index contributed by atoms with van der Waals surface area (Å²) in [7, 11) is 0. The lowest BCUT2D eigenvalue weighted by molar-refractivity contribution is 0.535. The number of fused-ring (bicyclic) bond motifs is 1. The van der Waals surface area contributed by atoms with E-state index in [9.17, 15) is 0 Å². The van der Waals surface area contributed by atoms with Crippen LogP contribution >= 0.6 is 11.6 Å². The lowest BCUT2D eigenvalue weighted by atomic mass is 10.3. The standard InChI is InChI=1S/C12H9ClN2O/c1-7-4-8(6-16-7)12-14-10-3-2-9(13)5-11(10)15-12/h2-6H,1H3,(H,14,15). The van der Waals surface area contributed by atoms with Crippen molar-refractivity contribution in [2.75, 3.05) is 0 Å². The average molecular weight is 233 g/mol. The number of H-pyrrole nitrogens is 1. The highest BCUT2D eigenvalue weighted by Crippen LogP contribution is 2.24. The van der Waals surface area contributed by atoms with Crippen LogP contribution in [-0.2, 0) is 0 Å². The molecule has 0 radical (unpaired) electrons. The summed E-state index contributed by atoms with van der Waals surface area (Å²) in [4.78, 5) is 7.67. The number of hydrogen-bond acceptors (Lipinski definition) is 2. The first kappa shape index (κ1) is 9.48. The van der Waals surface area contributed by atoms with Gasteiger partial charge in [0.1, 0.15) is 17.8 Å². The topological polar surface area (TPSA) is 41.8 Å². The molecule has 2 heterocycles. The third-order valence-corrected chi connectivity index (χ3v) is 2.68. The number of nitrogens with one attached hydrogen (secondary N) is 1. The quantitative estimate of drug-likeness (QED) is 0.694. The predicted molar refractivity (Wildman–Crippen MR) is 63.5 cm³/mol. The Balaban J connectivity index is 2.18. The van der Waals surface area contributed by atoms with Crippen LogP contribution in [0, 0.1) is 6.92 Å². The second-order valence-electron chi connectivity index (χ2n) is 3.69. The van der Waals surface area contributed by atoms with E-state index in [-0.39, 0.29) is 0 Å². The highest BCUT2D eigenvalue weighted by atomic mass is 35.5. The fourth-order valence-corrected chi connectivity index (χ4v) is 1.86. The van der Waals surface area contributed by atoms with E-state index in [2.05, 4.69) is 9.97 Å². The zero-order valence-electron chi connectivity index (χ0n) is 8.62. The SMILES string of the molecule is Cc1cc(-c2nc3ccc(Cl)cc3[nH]2)co1. The molecule has 1 N–H and O–H groups in total. The zero-order chi connectivity index (χ0) is 11.1. The van der Waals surface area contributed by atoms with Crippen LogP contribution in [0.5, 0.6) is 0 Å². The van der Waals surface area contributed by atoms with E-state index in [1.165, 1.54) is 0 Å². The monoisotopic (exact) mass is 232 g/mol. The molecule has 2 aromatic heterocycles. The summed E-state index contributed by atoms with van der Waals surface area (Å²) in [5, 5.41) is 0.700. The van der Waals surface area contributed by atoms with Crippen LogP contribution < -0.4 is 0 Å². The third kappa shape index (κ3) is 1.49. The fourth-order valence-electron chi connectivity index (χ4n) is 1.69. The number of benzene rings is 1. The second-order valence-corrected chi connectivity index (χ2v) is 4.13. The van der Waals surface area contributed by atoms with Gasteiger partial charge < -0.3 is 9.40 Å². The molecule has 0 fully saturated rings. The van der Waals surface area contributed by atoms with Crippen LogP contribution in [0.25, 0.3) is 22.4 Å². The summed E-state index contributed by atoms with van der Waals surface area (Å²) in [5.41, 5.74) is 2.78. The number of aromatic nitrogens is 2. The number of imidazole rings is 1. The molecule has 0 bridgehead atoms. The maximum Gasteiger partial charge on any atom is 0.141 e. The van der Waals surface area contributed by atoms with Gasteiger partial charge in [-0.2, -0.15) is 0 Å². The van der Waals surface area contributed by atoms with E-state index in [0.29, 0.717) is 5.02 Å². The summed E-state index contributed by atoms with van der Waals surface area (Å²) < 4.78 is 5.25. The Hall–Kier alpha value is -1.74. The van der Waals surface area contributed by atoms with Gasteiger partial charge in [-0.05, 0) is 31.2 Å². The Labute approximate surface area is 97.1 Å². The number of aryl methyl sites for hydroxylation is 1. The Morgan fingerprint density at radius 3 is 2.94 bits per heavy atom. The first-order chi connectivity index (χ1) is 7.72. The van der Waals surface area contributed by atoms with E-state index < -0.39 is 0 Å². The molecule has 0 atom stereocenters. The number of rotatable bonds is 1. The number of furan rings is 1. The number of hydrogen-bond donors (Lipinski definition) is 1. The first-order valence-corrected chi connectivity index (χ1v) is 5.31. The molecule has 0 unspecified atom stereocenters. The minimum atomic E-state index is 0.700. The van der Waals surface area contributed by atoms with E-state index in [1.807, 2.05) is 31.2 Å². The van der Waals surface area contributed by atoms with Crippen molar-refractivity contribution < 1.29 is 4.42 Å². The van der Waals surface area contributed by atoms with Gasteiger partial charge in [0, 0.05) is 5.02 Å². The van der Waals surface area contributed by atoms with Crippen molar-refractivity contribution in [2.24, 2.45) is 0 Å². The molecule has 3 rings (SSSR count). The van der Waals surface area contributed by atoms with Gasteiger partial charge in [-0.1, -0.05) is 11.6 Å². The molecular formula is C12H9ClN2O. The zero-order valence-corrected chi connectivity index (χ0v) is 9.38. The Morgan fingerprint density at radius 2 is 2.19 bits per heavy atom. The molecule has 0 aliphatic heterocycles. The van der Waals surface area contributed by atoms with Gasteiger partial charge in [-0.15, -0.1) is 0 Å². The largest absolute Gasteiger partial charge is 0.469 e. The van der Waals surface area contributed by atoms with Crippen LogP contribution in [0.1, 0.15) is 5.76 Å². The molecule has 0 amide bonds. The molecule has 0 spiro atoms. The minimum absolute atomic E-state index is 0.700. The normalized spacial score (nSPS) is 11.1. The van der Waals surface area contributed by atoms with Crippen LogP contribution in [0.4, 0.5) is 0 Å². The van der Waals surface area contributed by atoms with Crippen molar-refractivity contribution in [3.8, 4) is 11.4 Å². The smallest absolute Gasteiger partial charge is 0.141 e. The van der Waals surface area contributed by atoms with Crippen molar-refractivity contribution in [3.63, 3.8) is 0 Å². The Kier molecular flexibility index (Phi) is 2.01. The van der Waals surface area contributed by atoms with Crippen molar-refractivity contribution in [1.29, 1.82) is 0 Å². The Bertz CT molecular complexity index is 654. The lowest BCUT2D eigenvalue weighted by Crippen LogP contribution is -1.74. The van der Waals surface area contributed by atoms with Crippen LogP contribution in [0.2, 0.25) is 5.02 Å². The molecule has 0 aliphatic carbocycles. The highest BCUT2D eigenvalue weighted by Gasteiger charge is 2.07.